The Labute approximate surface area is 173 Å². The van der Waals surface area contributed by atoms with E-state index in [9.17, 15) is 9.59 Å². The zero-order valence-electron chi connectivity index (χ0n) is 15.7. The van der Waals surface area contributed by atoms with Crippen LogP contribution < -0.4 is 14.8 Å². The van der Waals surface area contributed by atoms with Crippen LogP contribution in [0, 0.1) is 5.92 Å². The fourth-order valence-corrected chi connectivity index (χ4v) is 3.22. The van der Waals surface area contributed by atoms with E-state index in [2.05, 4.69) is 5.32 Å². The van der Waals surface area contributed by atoms with E-state index in [4.69, 9.17) is 37.8 Å². The van der Waals surface area contributed by atoms with Gasteiger partial charge in [-0.15, -0.1) is 0 Å². The van der Waals surface area contributed by atoms with Crippen LogP contribution in [0.4, 0.5) is 0 Å². The summed E-state index contributed by atoms with van der Waals surface area (Å²) in [6.07, 6.45) is 0. The summed E-state index contributed by atoms with van der Waals surface area (Å²) in [5.74, 6) is -0.584. The maximum atomic E-state index is 12.4. The molecule has 2 rings (SSSR count). The summed E-state index contributed by atoms with van der Waals surface area (Å²) >= 11 is 12.1. The summed E-state index contributed by atoms with van der Waals surface area (Å²) in [7, 11) is 1.59. The third kappa shape index (κ3) is 5.53. The molecule has 0 aromatic heterocycles. The van der Waals surface area contributed by atoms with E-state index in [1.807, 2.05) is 38.1 Å². The van der Waals surface area contributed by atoms with Crippen LogP contribution in [0.3, 0.4) is 0 Å². The predicted molar refractivity (Wildman–Crippen MR) is 108 cm³/mol. The van der Waals surface area contributed by atoms with E-state index in [1.165, 1.54) is 12.1 Å². The molecule has 0 saturated carbocycles. The Morgan fingerprint density at radius 1 is 1.11 bits per heavy atom. The highest BCUT2D eigenvalue weighted by Gasteiger charge is 2.20. The lowest BCUT2D eigenvalue weighted by atomic mass is 9.96. The Bertz CT molecular complexity index is 829. The molecule has 2 aromatic rings. The summed E-state index contributed by atoms with van der Waals surface area (Å²) < 4.78 is 10.6. The third-order valence-electron chi connectivity index (χ3n) is 4.05. The number of hydrogen-bond acceptors (Lipinski definition) is 4. The first-order valence-electron chi connectivity index (χ1n) is 8.51. The van der Waals surface area contributed by atoms with Crippen molar-refractivity contribution >= 4 is 35.1 Å². The van der Waals surface area contributed by atoms with Gasteiger partial charge in [0, 0.05) is 0 Å². The minimum absolute atomic E-state index is 0.0215. The molecular weight excluding hydrogens is 405 g/mol. The molecule has 150 valence electrons. The van der Waals surface area contributed by atoms with Crippen LogP contribution in [0.5, 0.6) is 11.5 Å². The summed E-state index contributed by atoms with van der Waals surface area (Å²) in [5.41, 5.74) is 0.872. The van der Waals surface area contributed by atoms with Crippen LogP contribution in [0.1, 0.15) is 35.8 Å². The molecule has 6 nitrogen and oxygen atoms in total. The Kier molecular flexibility index (Phi) is 7.54. The van der Waals surface area contributed by atoms with Gasteiger partial charge in [-0.3, -0.25) is 4.79 Å². The second-order valence-electron chi connectivity index (χ2n) is 6.43. The number of carbonyl (C=O) groups is 2. The molecule has 0 saturated heterocycles. The number of benzene rings is 2. The quantitative estimate of drug-likeness (QED) is 0.645. The molecular formula is C20H21Cl2NO5. The standard InChI is InChI=1S/C20H21Cl2NO5/c1-11(2)18(12-4-6-14(27-3)7-5-12)23-17(24)10-28-19-15(21)8-13(20(25)26)9-16(19)22/h4-9,11,18H,10H2,1-3H3,(H,23,24)(H,25,26). The zero-order valence-corrected chi connectivity index (χ0v) is 17.2. The number of carboxylic acid groups (broad SMARTS) is 1. The van der Waals surface area contributed by atoms with Crippen molar-refractivity contribution in [3.8, 4) is 11.5 Å². The van der Waals surface area contributed by atoms with Crippen molar-refractivity contribution in [3.05, 3.63) is 57.6 Å². The molecule has 28 heavy (non-hydrogen) atoms. The van der Waals surface area contributed by atoms with Crippen molar-refractivity contribution in [2.24, 2.45) is 5.92 Å². The highest BCUT2D eigenvalue weighted by Crippen LogP contribution is 2.34. The first-order valence-corrected chi connectivity index (χ1v) is 9.27. The van der Waals surface area contributed by atoms with Gasteiger partial charge < -0.3 is 19.9 Å². The first-order chi connectivity index (χ1) is 13.2. The lowest BCUT2D eigenvalue weighted by Crippen LogP contribution is -2.35. The van der Waals surface area contributed by atoms with Gasteiger partial charge in [-0.05, 0) is 35.7 Å². The lowest BCUT2D eigenvalue weighted by molar-refractivity contribution is -0.124. The van der Waals surface area contributed by atoms with E-state index in [1.54, 1.807) is 7.11 Å². The highest BCUT2D eigenvalue weighted by atomic mass is 35.5. The molecule has 2 aromatic carbocycles. The Hall–Kier alpha value is -2.44. The molecule has 0 bridgehead atoms. The molecule has 0 fully saturated rings. The Morgan fingerprint density at radius 2 is 1.68 bits per heavy atom. The molecule has 8 heteroatoms. The van der Waals surface area contributed by atoms with Gasteiger partial charge in [-0.25, -0.2) is 4.79 Å². The number of halogens is 2. The van der Waals surface area contributed by atoms with Crippen molar-refractivity contribution in [3.63, 3.8) is 0 Å². The van der Waals surface area contributed by atoms with Crippen LogP contribution in [0.25, 0.3) is 0 Å². The molecule has 0 aliphatic heterocycles. The van der Waals surface area contributed by atoms with Crippen molar-refractivity contribution < 1.29 is 24.2 Å². The van der Waals surface area contributed by atoms with E-state index >= 15 is 0 Å². The minimum Gasteiger partial charge on any atom is -0.497 e. The molecule has 1 amide bonds. The number of nitrogens with one attached hydrogen (secondary N) is 1. The van der Waals surface area contributed by atoms with Gasteiger partial charge in [0.05, 0.1) is 28.8 Å². The normalized spacial score (nSPS) is 11.8. The molecule has 0 aliphatic rings. The number of rotatable bonds is 8. The Morgan fingerprint density at radius 3 is 2.14 bits per heavy atom. The average molecular weight is 426 g/mol. The zero-order chi connectivity index (χ0) is 20.8. The number of aromatic carboxylic acids is 1. The third-order valence-corrected chi connectivity index (χ3v) is 4.61. The molecule has 1 unspecified atom stereocenters. The van der Waals surface area contributed by atoms with Crippen molar-refractivity contribution in [2.45, 2.75) is 19.9 Å². The van der Waals surface area contributed by atoms with E-state index in [0.717, 1.165) is 11.3 Å². The second kappa shape index (κ2) is 9.66. The van der Waals surface area contributed by atoms with Crippen molar-refractivity contribution in [1.82, 2.24) is 5.32 Å². The van der Waals surface area contributed by atoms with Gasteiger partial charge in [-0.1, -0.05) is 49.2 Å². The fourth-order valence-electron chi connectivity index (χ4n) is 2.62. The molecule has 1 atom stereocenters. The molecule has 0 heterocycles. The van der Waals surface area contributed by atoms with Crippen LogP contribution in [0.2, 0.25) is 10.0 Å². The van der Waals surface area contributed by atoms with Crippen molar-refractivity contribution in [1.29, 1.82) is 0 Å². The maximum Gasteiger partial charge on any atom is 0.335 e. The van der Waals surface area contributed by atoms with Gasteiger partial charge in [0.2, 0.25) is 0 Å². The number of hydrogen-bond donors (Lipinski definition) is 2. The maximum absolute atomic E-state index is 12.4. The largest absolute Gasteiger partial charge is 0.497 e. The fraction of sp³-hybridized carbons (Fsp3) is 0.300. The summed E-state index contributed by atoms with van der Waals surface area (Å²) in [6.45, 7) is 3.67. The first kappa shape index (κ1) is 21.9. The highest BCUT2D eigenvalue weighted by molar-refractivity contribution is 6.37. The summed E-state index contributed by atoms with van der Waals surface area (Å²) in [4.78, 5) is 23.4. The lowest BCUT2D eigenvalue weighted by Gasteiger charge is -2.23. The SMILES string of the molecule is COc1ccc(C(NC(=O)COc2c(Cl)cc(C(=O)O)cc2Cl)C(C)C)cc1. The number of carboxylic acids is 1. The van der Waals surface area contributed by atoms with Crippen LogP contribution >= 0.6 is 23.2 Å². The van der Waals surface area contributed by atoms with Crippen molar-refractivity contribution in [2.75, 3.05) is 13.7 Å². The number of ether oxygens (including phenoxy) is 2. The molecule has 0 aliphatic carbocycles. The number of amides is 1. The van der Waals surface area contributed by atoms with Crippen LogP contribution in [-0.2, 0) is 4.79 Å². The average Bonchev–Trinajstić information content (AvgIpc) is 2.65. The monoisotopic (exact) mass is 425 g/mol. The van der Waals surface area contributed by atoms with Gasteiger partial charge in [-0.2, -0.15) is 0 Å². The molecule has 2 N–H and O–H groups in total. The second-order valence-corrected chi connectivity index (χ2v) is 7.24. The summed E-state index contributed by atoms with van der Waals surface area (Å²) in [5, 5.41) is 12.0. The summed E-state index contributed by atoms with van der Waals surface area (Å²) in [6, 6.07) is 9.66. The number of carbonyl (C=O) groups excluding carboxylic acids is 1. The molecule has 0 radical (unpaired) electrons. The Balaban J connectivity index is 2.06. The topological polar surface area (TPSA) is 84.9 Å². The van der Waals surface area contributed by atoms with Gasteiger partial charge in [0.15, 0.2) is 12.4 Å². The predicted octanol–water partition coefficient (Wildman–Crippen LogP) is 4.59. The van der Waals surface area contributed by atoms with Gasteiger partial charge in [0.25, 0.3) is 5.91 Å². The number of methoxy groups -OCH3 is 1. The van der Waals surface area contributed by atoms with Crippen LogP contribution in [-0.4, -0.2) is 30.7 Å². The van der Waals surface area contributed by atoms with Gasteiger partial charge >= 0.3 is 5.97 Å². The van der Waals surface area contributed by atoms with Crippen LogP contribution in [0.15, 0.2) is 36.4 Å². The molecule has 0 spiro atoms. The van der Waals surface area contributed by atoms with E-state index in [0.29, 0.717) is 0 Å². The van der Waals surface area contributed by atoms with E-state index < -0.39 is 5.97 Å². The minimum atomic E-state index is -1.16. The van der Waals surface area contributed by atoms with E-state index in [-0.39, 0.29) is 45.8 Å². The smallest absolute Gasteiger partial charge is 0.335 e. The van der Waals surface area contributed by atoms with Gasteiger partial charge in [0.1, 0.15) is 5.75 Å².